The summed E-state index contributed by atoms with van der Waals surface area (Å²) in [5.41, 5.74) is 1.08. The van der Waals surface area contributed by atoms with E-state index < -0.39 is 0 Å². The first-order valence-electron chi connectivity index (χ1n) is 12.5. The Morgan fingerprint density at radius 3 is 2.67 bits per heavy atom. The largest absolute Gasteiger partial charge is 0.493 e. The highest BCUT2D eigenvalue weighted by molar-refractivity contribution is 5.89. The van der Waals surface area contributed by atoms with Gasteiger partial charge in [0.2, 0.25) is 11.8 Å². The molecule has 0 aromatic heterocycles. The minimum Gasteiger partial charge on any atom is -0.493 e. The lowest BCUT2D eigenvalue weighted by Gasteiger charge is -2.45. The van der Waals surface area contributed by atoms with Gasteiger partial charge in [-0.2, -0.15) is 0 Å². The lowest BCUT2D eigenvalue weighted by Crippen LogP contribution is -2.51. The second kappa shape index (κ2) is 10.8. The number of rotatable bonds is 8. The van der Waals surface area contributed by atoms with Crippen LogP contribution in [0.15, 0.2) is 18.2 Å². The van der Waals surface area contributed by atoms with Crippen LogP contribution in [0.5, 0.6) is 11.5 Å². The summed E-state index contributed by atoms with van der Waals surface area (Å²) >= 11 is 0. The Bertz CT molecular complexity index is 843. The Morgan fingerprint density at radius 1 is 1.09 bits per heavy atom. The van der Waals surface area contributed by atoms with Crippen molar-refractivity contribution in [2.24, 2.45) is 11.8 Å². The minimum absolute atomic E-state index is 0.0818. The first-order valence-corrected chi connectivity index (χ1v) is 12.5. The normalized spacial score (nSPS) is 25.6. The number of nitrogens with zero attached hydrogens (tertiary/aromatic N) is 3. The summed E-state index contributed by atoms with van der Waals surface area (Å²) in [6.45, 7) is 4.38. The van der Waals surface area contributed by atoms with Crippen LogP contribution in [0.3, 0.4) is 0 Å². The van der Waals surface area contributed by atoms with Crippen LogP contribution in [0, 0.1) is 11.8 Å². The third-order valence-corrected chi connectivity index (χ3v) is 7.80. The Kier molecular flexibility index (Phi) is 7.78. The Morgan fingerprint density at radius 2 is 1.88 bits per heavy atom. The fourth-order valence-corrected chi connectivity index (χ4v) is 6.00. The molecule has 0 spiro atoms. The third-order valence-electron chi connectivity index (χ3n) is 7.80. The van der Waals surface area contributed by atoms with Crippen molar-refractivity contribution in [3.8, 4) is 11.5 Å². The third kappa shape index (κ3) is 5.45. The zero-order valence-electron chi connectivity index (χ0n) is 20.4. The van der Waals surface area contributed by atoms with Crippen molar-refractivity contribution in [3.63, 3.8) is 0 Å². The van der Waals surface area contributed by atoms with Gasteiger partial charge in [0.05, 0.1) is 20.1 Å². The molecule has 2 amide bonds. The topological polar surface area (TPSA) is 62.3 Å². The van der Waals surface area contributed by atoms with E-state index in [1.807, 2.05) is 35.0 Å². The zero-order chi connectivity index (χ0) is 23.4. The van der Waals surface area contributed by atoms with E-state index in [2.05, 4.69) is 4.90 Å². The molecule has 182 valence electrons. The van der Waals surface area contributed by atoms with E-state index in [0.717, 1.165) is 18.5 Å². The first-order chi connectivity index (χ1) is 16.0. The number of carbonyl (C=O) groups is 2. The molecule has 33 heavy (non-hydrogen) atoms. The van der Waals surface area contributed by atoms with E-state index in [9.17, 15) is 9.59 Å². The van der Waals surface area contributed by atoms with E-state index >= 15 is 0 Å². The smallest absolute Gasteiger partial charge is 0.227 e. The molecular weight excluding hydrogens is 418 g/mol. The molecule has 3 aliphatic rings. The van der Waals surface area contributed by atoms with Crippen molar-refractivity contribution >= 4 is 11.8 Å². The van der Waals surface area contributed by atoms with E-state index in [0.29, 0.717) is 43.0 Å². The second-order valence-electron chi connectivity index (χ2n) is 9.90. The van der Waals surface area contributed by atoms with Crippen LogP contribution in [0.4, 0.5) is 0 Å². The number of methoxy groups -OCH3 is 2. The molecule has 3 heterocycles. The number of hydrogen-bond donors (Lipinski definition) is 0. The van der Waals surface area contributed by atoms with Crippen LogP contribution in [0.25, 0.3) is 0 Å². The molecule has 0 saturated carbocycles. The zero-order valence-corrected chi connectivity index (χ0v) is 20.4. The molecule has 4 rings (SSSR count). The van der Waals surface area contributed by atoms with E-state index in [1.54, 1.807) is 14.2 Å². The van der Waals surface area contributed by atoms with Crippen LogP contribution < -0.4 is 9.47 Å². The number of piperidine rings is 2. The molecule has 0 radical (unpaired) electrons. The maximum atomic E-state index is 13.2. The summed E-state index contributed by atoms with van der Waals surface area (Å²) in [5.74, 6) is 1.94. The SMILES string of the molecule is COc1ccc(CCN2C[C@H](C(=O)N(C)C[C@@H]3CCCN4CCCC[C@@H]34)CC2=O)cc1OC. The quantitative estimate of drug-likeness (QED) is 0.601. The van der Waals surface area contributed by atoms with Crippen LogP contribution in [0.2, 0.25) is 0 Å². The summed E-state index contributed by atoms with van der Waals surface area (Å²) in [5, 5.41) is 0. The average molecular weight is 458 g/mol. The number of hydrogen-bond acceptors (Lipinski definition) is 5. The number of fused-ring (bicyclic) bond motifs is 1. The van der Waals surface area contributed by atoms with Gasteiger partial charge >= 0.3 is 0 Å². The molecule has 0 unspecified atom stereocenters. The number of benzene rings is 1. The van der Waals surface area contributed by atoms with Crippen molar-refractivity contribution in [1.29, 1.82) is 0 Å². The van der Waals surface area contributed by atoms with Gasteiger partial charge in [0.1, 0.15) is 0 Å². The molecule has 0 aliphatic carbocycles. The van der Waals surface area contributed by atoms with E-state index in [4.69, 9.17) is 9.47 Å². The molecule has 3 fully saturated rings. The molecule has 3 saturated heterocycles. The molecule has 7 heteroatoms. The molecule has 3 atom stereocenters. The van der Waals surface area contributed by atoms with Crippen molar-refractivity contribution < 1.29 is 19.1 Å². The lowest BCUT2D eigenvalue weighted by molar-refractivity contribution is -0.135. The predicted molar refractivity (Wildman–Crippen MR) is 128 cm³/mol. The summed E-state index contributed by atoms with van der Waals surface area (Å²) in [6, 6.07) is 6.47. The van der Waals surface area contributed by atoms with Crippen LogP contribution in [-0.4, -0.2) is 86.5 Å². The Labute approximate surface area is 198 Å². The van der Waals surface area contributed by atoms with Crippen LogP contribution >= 0.6 is 0 Å². The highest BCUT2D eigenvalue weighted by atomic mass is 16.5. The van der Waals surface area contributed by atoms with Gasteiger partial charge in [0.25, 0.3) is 0 Å². The number of likely N-dealkylation sites (tertiary alicyclic amines) is 1. The molecule has 0 bridgehead atoms. The second-order valence-corrected chi connectivity index (χ2v) is 9.90. The van der Waals surface area contributed by atoms with Gasteiger partial charge < -0.3 is 24.2 Å². The summed E-state index contributed by atoms with van der Waals surface area (Å²) in [7, 11) is 5.17. The predicted octanol–water partition coefficient (Wildman–Crippen LogP) is 2.82. The first kappa shape index (κ1) is 23.9. The molecule has 1 aromatic carbocycles. The lowest BCUT2D eigenvalue weighted by atomic mass is 9.83. The maximum absolute atomic E-state index is 13.2. The fraction of sp³-hybridized carbons (Fsp3) is 0.692. The summed E-state index contributed by atoms with van der Waals surface area (Å²) < 4.78 is 10.7. The van der Waals surface area contributed by atoms with Gasteiger partial charge in [-0.3, -0.25) is 9.59 Å². The van der Waals surface area contributed by atoms with Gasteiger partial charge in [0.15, 0.2) is 11.5 Å². The molecule has 3 aliphatic heterocycles. The molecule has 0 N–H and O–H groups in total. The van der Waals surface area contributed by atoms with Gasteiger partial charge in [0, 0.05) is 39.1 Å². The van der Waals surface area contributed by atoms with Crippen LogP contribution in [0.1, 0.15) is 44.1 Å². The molecule has 1 aromatic rings. The standard InChI is InChI=1S/C26H39N3O4/c1-27(17-20-7-6-13-28-12-5-4-8-22(20)28)26(31)21-16-25(30)29(18-21)14-11-19-9-10-23(32-2)24(15-19)33-3/h9-10,15,20-22H,4-8,11-14,16-18H2,1-3H3/t20-,21+,22-/m0/s1. The van der Waals surface area contributed by atoms with Gasteiger partial charge in [-0.1, -0.05) is 12.5 Å². The van der Waals surface area contributed by atoms with Gasteiger partial charge in [-0.25, -0.2) is 0 Å². The van der Waals surface area contributed by atoms with E-state index in [-0.39, 0.29) is 17.7 Å². The summed E-state index contributed by atoms with van der Waals surface area (Å²) in [6.07, 6.45) is 7.37. The molecular formula is C26H39N3O4. The molecule has 7 nitrogen and oxygen atoms in total. The monoisotopic (exact) mass is 457 g/mol. The highest BCUT2D eigenvalue weighted by Gasteiger charge is 2.38. The number of carbonyl (C=O) groups excluding carboxylic acids is 2. The average Bonchev–Trinajstić information content (AvgIpc) is 3.22. The Balaban J connectivity index is 1.29. The van der Waals surface area contributed by atoms with E-state index in [1.165, 1.54) is 45.2 Å². The number of amides is 2. The highest BCUT2D eigenvalue weighted by Crippen LogP contribution is 2.32. The van der Waals surface area contributed by atoms with Gasteiger partial charge in [-0.05, 0) is 68.8 Å². The maximum Gasteiger partial charge on any atom is 0.227 e. The van der Waals surface area contributed by atoms with Crippen molar-refractivity contribution in [2.75, 3.05) is 54.0 Å². The van der Waals surface area contributed by atoms with Gasteiger partial charge in [-0.15, -0.1) is 0 Å². The summed E-state index contributed by atoms with van der Waals surface area (Å²) in [4.78, 5) is 32.2. The van der Waals surface area contributed by atoms with Crippen molar-refractivity contribution in [1.82, 2.24) is 14.7 Å². The minimum atomic E-state index is -0.223. The van der Waals surface area contributed by atoms with Crippen molar-refractivity contribution in [2.45, 2.75) is 51.0 Å². The Hall–Kier alpha value is -2.28. The van der Waals surface area contributed by atoms with Crippen LogP contribution in [-0.2, 0) is 16.0 Å². The number of ether oxygens (including phenoxy) is 2. The van der Waals surface area contributed by atoms with Crippen molar-refractivity contribution in [3.05, 3.63) is 23.8 Å². The fourth-order valence-electron chi connectivity index (χ4n) is 6.00.